The molecule has 5 heteroatoms. The molecular formula is C9H5KN2O2. The molecule has 14 heavy (non-hydrogen) atoms. The number of nitrogens with zero attached hydrogens (tertiary/aromatic N) is 1. The number of nitrogens with one attached hydrogen (secondary N) is 1. The fourth-order valence-corrected chi connectivity index (χ4v) is 1.05. The Kier molecular flexibility index (Phi) is 4.10. The molecule has 0 fully saturated rings. The maximum absolute atomic E-state index is 10.9. The van der Waals surface area contributed by atoms with Crippen LogP contribution in [0.25, 0.3) is 0 Å². The summed E-state index contributed by atoms with van der Waals surface area (Å²) < 4.78 is 5.02. The first-order valence-electron chi connectivity index (χ1n) is 3.65. The van der Waals surface area contributed by atoms with Crippen molar-refractivity contribution in [3.63, 3.8) is 0 Å². The normalized spacial score (nSPS) is 12.6. The van der Waals surface area contributed by atoms with Crippen LogP contribution in [0.15, 0.2) is 12.3 Å². The second-order valence-electron chi connectivity index (χ2n) is 2.54. The predicted molar refractivity (Wildman–Crippen MR) is 44.6 cm³/mol. The van der Waals surface area contributed by atoms with Crippen LogP contribution in [0.5, 0.6) is 5.88 Å². The molecule has 64 valence electrons. The third kappa shape index (κ3) is 2.35. The number of ether oxygens (including phenoxy) is 1. The average Bonchev–Trinajstić information content (AvgIpc) is 2.16. The molecule has 1 aliphatic heterocycles. The van der Waals surface area contributed by atoms with Gasteiger partial charge in [-0.2, -0.15) is 0 Å². The Bertz CT molecular complexity index is 412. The number of pyridine rings is 1. The van der Waals surface area contributed by atoms with Crippen molar-refractivity contribution in [1.82, 2.24) is 4.98 Å². The summed E-state index contributed by atoms with van der Waals surface area (Å²) in [5.74, 6) is 2.35. The van der Waals surface area contributed by atoms with Gasteiger partial charge in [-0.3, -0.25) is 10.7 Å². The molecule has 2 rings (SSSR count). The van der Waals surface area contributed by atoms with Crippen molar-refractivity contribution in [1.29, 1.82) is 0 Å². The molecule has 1 aromatic heterocycles. The van der Waals surface area contributed by atoms with Crippen LogP contribution in [0, 0.1) is 12.3 Å². The van der Waals surface area contributed by atoms with Gasteiger partial charge in [0, 0.05) is 0 Å². The fraction of sp³-hybridized carbons (Fsp3) is 0.111. The van der Waals surface area contributed by atoms with E-state index in [1.165, 1.54) is 6.20 Å². The van der Waals surface area contributed by atoms with E-state index >= 15 is 0 Å². The molecule has 0 saturated carbocycles. The number of amides is 1. The van der Waals surface area contributed by atoms with Gasteiger partial charge in [0.15, 0.2) is 6.61 Å². The van der Waals surface area contributed by atoms with E-state index in [1.807, 2.05) is 0 Å². The van der Waals surface area contributed by atoms with Crippen LogP contribution in [0.2, 0.25) is 0 Å². The minimum Gasteiger partial charge on any atom is -0.466 e. The van der Waals surface area contributed by atoms with E-state index in [0.717, 1.165) is 0 Å². The molecule has 1 aromatic rings. The molecule has 0 unspecified atom stereocenters. The zero-order valence-corrected chi connectivity index (χ0v) is 10.7. The average molecular weight is 212 g/mol. The summed E-state index contributed by atoms with van der Waals surface area (Å²) in [4.78, 5) is 14.8. The summed E-state index contributed by atoms with van der Waals surface area (Å²) in [6.07, 6.45) is 8.33. The first-order chi connectivity index (χ1) is 6.29. The molecule has 0 aliphatic carbocycles. The number of hydrogen-bond donors (Lipinski definition) is 1. The minimum atomic E-state index is -0.212. The van der Waals surface area contributed by atoms with Gasteiger partial charge in [0.05, 0.1) is 5.69 Å². The van der Waals surface area contributed by atoms with E-state index in [4.69, 9.17) is 11.2 Å². The van der Waals surface area contributed by atoms with Crippen LogP contribution in [0.1, 0.15) is 5.56 Å². The largest absolute Gasteiger partial charge is 1.00 e. The van der Waals surface area contributed by atoms with Crippen molar-refractivity contribution in [3.05, 3.63) is 24.3 Å². The van der Waals surface area contributed by atoms with E-state index in [-0.39, 0.29) is 63.9 Å². The molecule has 2 heterocycles. The molecule has 1 N–H and O–H groups in total. The van der Waals surface area contributed by atoms with Crippen molar-refractivity contribution in [3.8, 4) is 11.8 Å². The van der Waals surface area contributed by atoms with Crippen LogP contribution in [0.4, 0.5) is 5.69 Å². The Hall–Kier alpha value is -0.384. The molecule has 1 amide bonds. The standard InChI is InChI=1S/C9H5N2O2.K/c1-2-6-3-7-9(10-4-6)13-5-8(12)11-7;/h3-4H,5H2,(H,11,12);/q-1;+1. The first-order valence-corrected chi connectivity index (χ1v) is 3.65. The summed E-state index contributed by atoms with van der Waals surface area (Å²) in [6.45, 7) is -0.00630. The number of carbonyl (C=O) groups is 1. The molecule has 0 radical (unpaired) electrons. The van der Waals surface area contributed by atoms with Gasteiger partial charge >= 0.3 is 51.4 Å². The second-order valence-corrected chi connectivity index (χ2v) is 2.54. The Morgan fingerprint density at radius 1 is 1.64 bits per heavy atom. The van der Waals surface area contributed by atoms with E-state index in [9.17, 15) is 4.79 Å². The zero-order valence-electron chi connectivity index (χ0n) is 7.63. The molecular weight excluding hydrogens is 207 g/mol. The second kappa shape index (κ2) is 4.91. The first kappa shape index (κ1) is 11.7. The SMILES string of the molecule is [C-]#Cc1cnc2c(c1)NC(=O)CO2.[K+]. The Labute approximate surface area is 124 Å². The molecule has 0 spiro atoms. The predicted octanol–water partition coefficient (Wildman–Crippen LogP) is -2.65. The number of fused-ring (bicyclic) bond motifs is 1. The van der Waals surface area contributed by atoms with Gasteiger partial charge in [-0.25, -0.2) is 4.98 Å². The minimum absolute atomic E-state index is 0. The molecule has 0 bridgehead atoms. The maximum Gasteiger partial charge on any atom is 1.00 e. The summed E-state index contributed by atoms with van der Waals surface area (Å²) in [5, 5.41) is 2.58. The van der Waals surface area contributed by atoms with Gasteiger partial charge in [-0.15, -0.1) is 5.56 Å². The number of anilines is 1. The van der Waals surface area contributed by atoms with Crippen LogP contribution in [0.3, 0.4) is 0 Å². The van der Waals surface area contributed by atoms with Crippen LogP contribution >= 0.6 is 0 Å². The van der Waals surface area contributed by atoms with Gasteiger partial charge < -0.3 is 16.5 Å². The smallest absolute Gasteiger partial charge is 0.466 e. The molecule has 4 nitrogen and oxygen atoms in total. The quantitative estimate of drug-likeness (QED) is 0.290. The number of hydrogen-bond acceptors (Lipinski definition) is 3. The van der Waals surface area contributed by atoms with Crippen molar-refractivity contribution in [2.24, 2.45) is 0 Å². The fourth-order valence-electron chi connectivity index (χ4n) is 1.05. The summed E-state index contributed by atoms with van der Waals surface area (Å²) in [5.41, 5.74) is 0.998. The molecule has 0 saturated heterocycles. The summed E-state index contributed by atoms with van der Waals surface area (Å²) >= 11 is 0. The maximum atomic E-state index is 10.9. The Balaban J connectivity index is 0.000000980. The van der Waals surface area contributed by atoms with Crippen molar-refractivity contribution in [2.45, 2.75) is 0 Å². The molecule has 0 atom stereocenters. The van der Waals surface area contributed by atoms with Gasteiger partial charge in [-0.1, -0.05) is 6.07 Å². The number of aromatic nitrogens is 1. The van der Waals surface area contributed by atoms with Gasteiger partial charge in [0.2, 0.25) is 5.88 Å². The van der Waals surface area contributed by atoms with E-state index in [1.54, 1.807) is 6.07 Å². The van der Waals surface area contributed by atoms with E-state index in [0.29, 0.717) is 17.1 Å². The number of rotatable bonds is 0. The van der Waals surface area contributed by atoms with Crippen molar-refractivity contribution in [2.75, 3.05) is 11.9 Å². The monoisotopic (exact) mass is 212 g/mol. The van der Waals surface area contributed by atoms with Crippen LogP contribution in [-0.4, -0.2) is 17.5 Å². The van der Waals surface area contributed by atoms with Crippen molar-refractivity contribution < 1.29 is 60.9 Å². The topological polar surface area (TPSA) is 51.2 Å². The number of carbonyl (C=O) groups excluding carboxylic acids is 1. The third-order valence-corrected chi connectivity index (χ3v) is 1.61. The summed E-state index contributed by atoms with van der Waals surface area (Å²) in [7, 11) is 0. The van der Waals surface area contributed by atoms with Gasteiger partial charge in [0.25, 0.3) is 5.91 Å². The molecule has 0 aromatic carbocycles. The van der Waals surface area contributed by atoms with Gasteiger partial charge in [-0.05, 0) is 6.20 Å². The zero-order chi connectivity index (χ0) is 9.26. The Morgan fingerprint density at radius 3 is 3.14 bits per heavy atom. The molecule has 1 aliphatic rings. The van der Waals surface area contributed by atoms with Crippen LogP contribution < -0.4 is 61.4 Å². The van der Waals surface area contributed by atoms with E-state index in [2.05, 4.69) is 16.2 Å². The van der Waals surface area contributed by atoms with Crippen molar-refractivity contribution >= 4 is 11.6 Å². The third-order valence-electron chi connectivity index (χ3n) is 1.61. The summed E-state index contributed by atoms with van der Waals surface area (Å²) in [6, 6.07) is 1.59. The van der Waals surface area contributed by atoms with E-state index < -0.39 is 0 Å². The Morgan fingerprint density at radius 2 is 2.43 bits per heavy atom. The van der Waals surface area contributed by atoms with Crippen LogP contribution in [-0.2, 0) is 4.79 Å². The van der Waals surface area contributed by atoms with Gasteiger partial charge in [0.1, 0.15) is 0 Å².